The van der Waals surface area contributed by atoms with E-state index in [9.17, 15) is 9.59 Å². The summed E-state index contributed by atoms with van der Waals surface area (Å²) in [5.74, 6) is -0.906. The van der Waals surface area contributed by atoms with Crippen molar-refractivity contribution in [1.82, 2.24) is 10.2 Å². The van der Waals surface area contributed by atoms with Crippen LogP contribution in [0.5, 0.6) is 0 Å². The van der Waals surface area contributed by atoms with Crippen LogP contribution in [0.2, 0.25) is 0 Å². The molecule has 0 saturated carbocycles. The third kappa shape index (κ3) is 3.90. The van der Waals surface area contributed by atoms with Crippen LogP contribution in [0.3, 0.4) is 0 Å². The highest BCUT2D eigenvalue weighted by Crippen LogP contribution is 2.33. The number of benzene rings is 1. The second-order valence-electron chi connectivity index (χ2n) is 5.72. The molecule has 1 unspecified atom stereocenters. The Morgan fingerprint density at radius 3 is 2.86 bits per heavy atom. The normalized spacial score (nSPS) is 17.4. The maximum Gasteiger partial charge on any atom is 0.317 e. The van der Waals surface area contributed by atoms with Gasteiger partial charge in [0.05, 0.1) is 12.5 Å². The maximum atomic E-state index is 12.2. The molecule has 0 aromatic heterocycles. The predicted molar refractivity (Wildman–Crippen MR) is 85.1 cm³/mol. The van der Waals surface area contributed by atoms with Gasteiger partial charge in [-0.2, -0.15) is 0 Å². The van der Waals surface area contributed by atoms with Crippen molar-refractivity contribution in [1.29, 1.82) is 0 Å². The minimum atomic E-state index is -0.906. The number of aliphatic carboxylic acids is 1. The van der Waals surface area contributed by atoms with Crippen LogP contribution in [0.25, 0.3) is 0 Å². The maximum absolute atomic E-state index is 12.2. The summed E-state index contributed by atoms with van der Waals surface area (Å²) in [4.78, 5) is 26.6. The van der Waals surface area contributed by atoms with Crippen molar-refractivity contribution in [2.45, 2.75) is 25.3 Å². The van der Waals surface area contributed by atoms with E-state index >= 15 is 0 Å². The largest absolute Gasteiger partial charge is 0.481 e. The average molecular weight is 305 g/mol. The van der Waals surface area contributed by atoms with Crippen LogP contribution >= 0.6 is 0 Å². The molecule has 1 aliphatic rings. The lowest BCUT2D eigenvalue weighted by atomic mass is 10.0. The van der Waals surface area contributed by atoms with Gasteiger partial charge in [-0.15, -0.1) is 0 Å². The number of carbonyl (C=O) groups is 2. The highest BCUT2D eigenvalue weighted by atomic mass is 16.4. The molecule has 22 heavy (non-hydrogen) atoms. The zero-order valence-corrected chi connectivity index (χ0v) is 13.1. The Morgan fingerprint density at radius 2 is 2.18 bits per heavy atom. The molecule has 2 rings (SSSR count). The zero-order valence-electron chi connectivity index (χ0n) is 13.1. The zero-order chi connectivity index (χ0) is 16.1. The number of hydrogen-bond acceptors (Lipinski definition) is 3. The van der Waals surface area contributed by atoms with Gasteiger partial charge in [0.1, 0.15) is 0 Å². The van der Waals surface area contributed by atoms with Crippen LogP contribution in [0.4, 0.5) is 10.5 Å². The summed E-state index contributed by atoms with van der Waals surface area (Å²) >= 11 is 0. The fraction of sp³-hybridized carbons (Fsp3) is 0.500. The van der Waals surface area contributed by atoms with Gasteiger partial charge in [-0.1, -0.05) is 12.1 Å². The van der Waals surface area contributed by atoms with E-state index in [0.29, 0.717) is 6.54 Å². The summed E-state index contributed by atoms with van der Waals surface area (Å²) in [5.41, 5.74) is 2.23. The monoisotopic (exact) mass is 305 g/mol. The van der Waals surface area contributed by atoms with Crippen LogP contribution in [0, 0.1) is 0 Å². The van der Waals surface area contributed by atoms with Gasteiger partial charge in [-0.3, -0.25) is 4.79 Å². The van der Waals surface area contributed by atoms with Crippen LogP contribution < -0.4 is 10.2 Å². The van der Waals surface area contributed by atoms with E-state index in [0.717, 1.165) is 24.1 Å². The first-order valence-corrected chi connectivity index (χ1v) is 7.52. The standard InChI is InChI=1S/C16H23N3O3/c1-18(2)13-6-3-5-12(11-13)14-7-4-10-19(14)16(22)17-9-8-15(20)21/h3,5-6,11,14H,4,7-10H2,1-2H3,(H,17,22)(H,20,21). The highest BCUT2D eigenvalue weighted by molar-refractivity contribution is 5.76. The molecule has 0 bridgehead atoms. The number of carboxylic acid groups (broad SMARTS) is 1. The first-order valence-electron chi connectivity index (χ1n) is 7.52. The number of rotatable bonds is 5. The number of hydrogen-bond donors (Lipinski definition) is 2. The number of carbonyl (C=O) groups excluding carboxylic acids is 1. The Balaban J connectivity index is 2.05. The van der Waals surface area contributed by atoms with E-state index in [2.05, 4.69) is 11.4 Å². The summed E-state index contributed by atoms with van der Waals surface area (Å²) < 4.78 is 0. The molecule has 0 aliphatic carbocycles. The van der Waals surface area contributed by atoms with E-state index in [-0.39, 0.29) is 25.0 Å². The van der Waals surface area contributed by atoms with Crippen molar-refractivity contribution < 1.29 is 14.7 Å². The van der Waals surface area contributed by atoms with Gasteiger partial charge < -0.3 is 20.2 Å². The van der Waals surface area contributed by atoms with Gasteiger partial charge in [0.15, 0.2) is 0 Å². The molecule has 6 nitrogen and oxygen atoms in total. The summed E-state index contributed by atoms with van der Waals surface area (Å²) in [7, 11) is 3.98. The van der Waals surface area contributed by atoms with Gasteiger partial charge in [0.2, 0.25) is 0 Å². The molecule has 1 heterocycles. The lowest BCUT2D eigenvalue weighted by Crippen LogP contribution is -2.40. The number of amides is 2. The number of likely N-dealkylation sites (tertiary alicyclic amines) is 1. The van der Waals surface area contributed by atoms with E-state index in [1.807, 2.05) is 37.2 Å². The Bertz CT molecular complexity index is 545. The average Bonchev–Trinajstić information content (AvgIpc) is 2.96. The predicted octanol–water partition coefficient (Wildman–Crippen LogP) is 2.07. The van der Waals surface area contributed by atoms with Crippen molar-refractivity contribution in [3.05, 3.63) is 29.8 Å². The topological polar surface area (TPSA) is 72.9 Å². The first-order chi connectivity index (χ1) is 10.5. The van der Waals surface area contributed by atoms with Crippen LogP contribution in [0.15, 0.2) is 24.3 Å². The Labute approximate surface area is 130 Å². The van der Waals surface area contributed by atoms with Gasteiger partial charge in [0, 0.05) is 32.9 Å². The number of urea groups is 1. The molecule has 0 spiro atoms. The number of nitrogens with zero attached hydrogens (tertiary/aromatic N) is 2. The van der Waals surface area contributed by atoms with E-state index in [4.69, 9.17) is 5.11 Å². The molecular weight excluding hydrogens is 282 g/mol. The molecule has 2 amide bonds. The summed E-state index contributed by atoms with van der Waals surface area (Å²) in [6, 6.07) is 8.07. The summed E-state index contributed by atoms with van der Waals surface area (Å²) in [6.45, 7) is 0.866. The van der Waals surface area contributed by atoms with Gasteiger partial charge in [0.25, 0.3) is 0 Å². The fourth-order valence-electron chi connectivity index (χ4n) is 2.74. The highest BCUT2D eigenvalue weighted by Gasteiger charge is 2.30. The van der Waals surface area contributed by atoms with Crippen molar-refractivity contribution >= 4 is 17.7 Å². The minimum absolute atomic E-state index is 0.0552. The van der Waals surface area contributed by atoms with E-state index < -0.39 is 5.97 Å². The third-order valence-corrected chi connectivity index (χ3v) is 3.90. The quantitative estimate of drug-likeness (QED) is 0.873. The Hall–Kier alpha value is -2.24. The SMILES string of the molecule is CN(C)c1cccc(C2CCCN2C(=O)NCCC(=O)O)c1. The van der Waals surface area contributed by atoms with Crippen molar-refractivity contribution in [2.24, 2.45) is 0 Å². The molecule has 1 atom stereocenters. The summed E-state index contributed by atoms with van der Waals surface area (Å²) in [5, 5.41) is 11.3. The minimum Gasteiger partial charge on any atom is -0.481 e. The van der Waals surface area contributed by atoms with Crippen LogP contribution in [-0.2, 0) is 4.79 Å². The molecule has 1 aromatic carbocycles. The molecule has 1 aliphatic heterocycles. The molecule has 2 N–H and O–H groups in total. The lowest BCUT2D eigenvalue weighted by Gasteiger charge is -2.26. The first kappa shape index (κ1) is 16.1. The van der Waals surface area contributed by atoms with Gasteiger partial charge >= 0.3 is 12.0 Å². The fourth-order valence-corrected chi connectivity index (χ4v) is 2.74. The third-order valence-electron chi connectivity index (χ3n) is 3.90. The Kier molecular flexibility index (Phi) is 5.25. The number of anilines is 1. The van der Waals surface area contributed by atoms with Crippen molar-refractivity contribution in [3.8, 4) is 0 Å². The molecule has 0 radical (unpaired) electrons. The summed E-state index contributed by atoms with van der Waals surface area (Å²) in [6.07, 6.45) is 1.84. The van der Waals surface area contributed by atoms with Crippen LogP contribution in [-0.4, -0.2) is 49.2 Å². The Morgan fingerprint density at radius 1 is 1.41 bits per heavy atom. The smallest absolute Gasteiger partial charge is 0.317 e. The number of nitrogens with one attached hydrogen (secondary N) is 1. The lowest BCUT2D eigenvalue weighted by molar-refractivity contribution is -0.136. The molecule has 1 aromatic rings. The number of carboxylic acids is 1. The van der Waals surface area contributed by atoms with Gasteiger partial charge in [-0.25, -0.2) is 4.79 Å². The van der Waals surface area contributed by atoms with Gasteiger partial charge in [-0.05, 0) is 30.5 Å². The van der Waals surface area contributed by atoms with E-state index in [1.165, 1.54) is 0 Å². The molecule has 6 heteroatoms. The van der Waals surface area contributed by atoms with Crippen LogP contribution in [0.1, 0.15) is 30.9 Å². The van der Waals surface area contributed by atoms with Crippen molar-refractivity contribution in [2.75, 3.05) is 32.1 Å². The van der Waals surface area contributed by atoms with E-state index in [1.54, 1.807) is 4.90 Å². The molecular formula is C16H23N3O3. The second kappa shape index (κ2) is 7.15. The molecule has 1 fully saturated rings. The second-order valence-corrected chi connectivity index (χ2v) is 5.72. The van der Waals surface area contributed by atoms with Crippen molar-refractivity contribution in [3.63, 3.8) is 0 Å². The molecule has 120 valence electrons. The molecule has 1 saturated heterocycles.